The van der Waals surface area contributed by atoms with Gasteiger partial charge in [-0.05, 0) is 36.3 Å². The number of benzene rings is 1. The standard InChI is InChI=1S/C15H15ClF5NO/c1-2-7-22(9-13(17)18)14(23)6-3-10-8-11(15(19,20)21)4-5-12(10)16/h3-6,8,13H,2,7,9H2,1H3/b6-3+. The molecule has 0 radical (unpaired) electrons. The largest absolute Gasteiger partial charge is 0.416 e. The molecule has 1 aromatic rings. The van der Waals surface area contributed by atoms with Gasteiger partial charge in [-0.1, -0.05) is 18.5 Å². The number of carbonyl (C=O) groups excluding carboxylic acids is 1. The molecule has 0 aromatic heterocycles. The number of amides is 1. The summed E-state index contributed by atoms with van der Waals surface area (Å²) >= 11 is 5.79. The molecule has 128 valence electrons. The molecule has 0 aliphatic heterocycles. The van der Waals surface area contributed by atoms with E-state index in [1.54, 1.807) is 6.92 Å². The monoisotopic (exact) mass is 355 g/mol. The third-order valence-electron chi connectivity index (χ3n) is 2.89. The maximum absolute atomic E-state index is 12.6. The third-order valence-corrected chi connectivity index (χ3v) is 3.24. The third kappa shape index (κ3) is 6.17. The molecule has 0 aliphatic carbocycles. The molecule has 1 aromatic carbocycles. The average Bonchev–Trinajstić information content (AvgIpc) is 2.44. The molecule has 0 heterocycles. The first-order chi connectivity index (χ1) is 10.6. The van der Waals surface area contributed by atoms with Crippen molar-refractivity contribution in [2.75, 3.05) is 13.1 Å². The Morgan fingerprint density at radius 1 is 1.35 bits per heavy atom. The average molecular weight is 356 g/mol. The Morgan fingerprint density at radius 3 is 2.52 bits per heavy atom. The fourth-order valence-electron chi connectivity index (χ4n) is 1.84. The highest BCUT2D eigenvalue weighted by Gasteiger charge is 2.30. The van der Waals surface area contributed by atoms with Gasteiger partial charge >= 0.3 is 6.18 Å². The Balaban J connectivity index is 2.96. The van der Waals surface area contributed by atoms with Gasteiger partial charge in [0.2, 0.25) is 5.91 Å². The van der Waals surface area contributed by atoms with Crippen molar-refractivity contribution < 1.29 is 26.7 Å². The number of halogens is 6. The van der Waals surface area contributed by atoms with E-state index in [2.05, 4.69) is 0 Å². The molecular formula is C15H15ClF5NO. The predicted molar refractivity (Wildman–Crippen MR) is 78.4 cm³/mol. The Hall–Kier alpha value is -1.63. The van der Waals surface area contributed by atoms with Crippen molar-refractivity contribution in [3.05, 3.63) is 40.4 Å². The zero-order chi connectivity index (χ0) is 17.6. The molecule has 0 bridgehead atoms. The van der Waals surface area contributed by atoms with Crippen LogP contribution in [0, 0.1) is 0 Å². The topological polar surface area (TPSA) is 20.3 Å². The van der Waals surface area contributed by atoms with E-state index < -0.39 is 30.6 Å². The lowest BCUT2D eigenvalue weighted by Crippen LogP contribution is -2.34. The number of carbonyl (C=O) groups is 1. The van der Waals surface area contributed by atoms with E-state index in [1.165, 1.54) is 0 Å². The molecule has 0 unspecified atom stereocenters. The molecule has 1 rings (SSSR count). The predicted octanol–water partition coefficient (Wildman–Crippen LogP) is 4.88. The van der Waals surface area contributed by atoms with Crippen molar-refractivity contribution in [3.63, 3.8) is 0 Å². The van der Waals surface area contributed by atoms with E-state index in [0.717, 1.165) is 35.3 Å². The second-order valence-electron chi connectivity index (χ2n) is 4.74. The maximum Gasteiger partial charge on any atom is 0.416 e. The summed E-state index contributed by atoms with van der Waals surface area (Å²) in [5, 5.41) is 0.0259. The number of rotatable bonds is 6. The summed E-state index contributed by atoms with van der Waals surface area (Å²) in [6, 6.07) is 2.68. The fraction of sp³-hybridized carbons (Fsp3) is 0.400. The smallest absolute Gasteiger partial charge is 0.333 e. The number of hydrogen-bond acceptors (Lipinski definition) is 1. The maximum atomic E-state index is 12.6. The summed E-state index contributed by atoms with van der Waals surface area (Å²) < 4.78 is 62.8. The van der Waals surface area contributed by atoms with Gasteiger partial charge in [-0.2, -0.15) is 13.2 Å². The molecule has 0 saturated heterocycles. The van der Waals surface area contributed by atoms with E-state index in [9.17, 15) is 26.7 Å². The van der Waals surface area contributed by atoms with Crippen LogP contribution in [0.25, 0.3) is 6.08 Å². The van der Waals surface area contributed by atoms with Crippen LogP contribution in [0.15, 0.2) is 24.3 Å². The van der Waals surface area contributed by atoms with Crippen molar-refractivity contribution in [1.29, 1.82) is 0 Å². The Kier molecular flexibility index (Phi) is 7.00. The van der Waals surface area contributed by atoms with Gasteiger partial charge in [-0.3, -0.25) is 4.79 Å². The van der Waals surface area contributed by atoms with Crippen LogP contribution in [-0.4, -0.2) is 30.3 Å². The minimum absolute atomic E-state index is 0.0108. The van der Waals surface area contributed by atoms with Gasteiger partial charge in [-0.15, -0.1) is 0 Å². The van der Waals surface area contributed by atoms with Crippen LogP contribution >= 0.6 is 11.6 Å². The van der Waals surface area contributed by atoms with Crippen LogP contribution in [0.1, 0.15) is 24.5 Å². The highest BCUT2D eigenvalue weighted by Crippen LogP contribution is 2.32. The second kappa shape index (κ2) is 8.29. The molecule has 0 N–H and O–H groups in total. The second-order valence-corrected chi connectivity index (χ2v) is 5.15. The number of alkyl halides is 5. The van der Waals surface area contributed by atoms with Gasteiger partial charge in [0.05, 0.1) is 12.1 Å². The van der Waals surface area contributed by atoms with Gasteiger partial charge < -0.3 is 4.90 Å². The summed E-state index contributed by atoms with van der Waals surface area (Å²) in [6.07, 6.45) is -4.71. The van der Waals surface area contributed by atoms with Crippen molar-refractivity contribution in [1.82, 2.24) is 4.90 Å². The van der Waals surface area contributed by atoms with Crippen LogP contribution in [0.3, 0.4) is 0 Å². The molecule has 0 fully saturated rings. The van der Waals surface area contributed by atoms with Crippen molar-refractivity contribution in [2.45, 2.75) is 25.9 Å². The lowest BCUT2D eigenvalue weighted by Gasteiger charge is -2.19. The Bertz CT molecular complexity index is 571. The summed E-state index contributed by atoms with van der Waals surface area (Å²) in [6.45, 7) is 1.12. The first kappa shape index (κ1) is 19.4. The van der Waals surface area contributed by atoms with Gasteiger partial charge in [0, 0.05) is 17.6 Å². The first-order valence-corrected chi connectivity index (χ1v) is 7.14. The summed E-state index contributed by atoms with van der Waals surface area (Å²) in [5.74, 6) is -0.708. The van der Waals surface area contributed by atoms with Crippen LogP contribution in [-0.2, 0) is 11.0 Å². The lowest BCUT2D eigenvalue weighted by molar-refractivity contribution is -0.137. The number of nitrogens with zero attached hydrogens (tertiary/aromatic N) is 1. The van der Waals surface area contributed by atoms with Crippen LogP contribution in [0.4, 0.5) is 22.0 Å². The summed E-state index contributed by atoms with van der Waals surface area (Å²) in [5.41, 5.74) is -0.921. The van der Waals surface area contributed by atoms with E-state index >= 15 is 0 Å². The zero-order valence-electron chi connectivity index (χ0n) is 12.2. The highest BCUT2D eigenvalue weighted by atomic mass is 35.5. The molecule has 8 heteroatoms. The molecule has 0 spiro atoms. The van der Waals surface area contributed by atoms with E-state index in [-0.39, 0.29) is 17.1 Å². The molecular weight excluding hydrogens is 341 g/mol. The van der Waals surface area contributed by atoms with Gasteiger partial charge in [0.1, 0.15) is 0 Å². The van der Waals surface area contributed by atoms with Crippen molar-refractivity contribution in [3.8, 4) is 0 Å². The SMILES string of the molecule is CCCN(CC(F)F)C(=O)/C=C/c1cc(C(F)(F)F)ccc1Cl. The van der Waals surface area contributed by atoms with Crippen LogP contribution in [0.2, 0.25) is 5.02 Å². The lowest BCUT2D eigenvalue weighted by atomic mass is 10.1. The van der Waals surface area contributed by atoms with E-state index in [0.29, 0.717) is 6.42 Å². The Morgan fingerprint density at radius 2 is 2.00 bits per heavy atom. The van der Waals surface area contributed by atoms with Gasteiger partial charge in [0.25, 0.3) is 6.43 Å². The molecule has 0 aliphatic rings. The molecule has 2 nitrogen and oxygen atoms in total. The molecule has 0 saturated carbocycles. The van der Waals surface area contributed by atoms with Gasteiger partial charge in [0.15, 0.2) is 0 Å². The first-order valence-electron chi connectivity index (χ1n) is 6.77. The van der Waals surface area contributed by atoms with E-state index in [1.807, 2.05) is 0 Å². The normalized spacial score (nSPS) is 12.2. The van der Waals surface area contributed by atoms with Crippen LogP contribution < -0.4 is 0 Å². The molecule has 23 heavy (non-hydrogen) atoms. The van der Waals surface area contributed by atoms with E-state index in [4.69, 9.17) is 11.6 Å². The van der Waals surface area contributed by atoms with Crippen molar-refractivity contribution >= 4 is 23.6 Å². The quantitative estimate of drug-likeness (QED) is 0.526. The molecule has 1 amide bonds. The van der Waals surface area contributed by atoms with Gasteiger partial charge in [-0.25, -0.2) is 8.78 Å². The van der Waals surface area contributed by atoms with Crippen LogP contribution in [0.5, 0.6) is 0 Å². The summed E-state index contributed by atoms with van der Waals surface area (Å²) in [4.78, 5) is 12.8. The Labute approximate surface area is 135 Å². The van der Waals surface area contributed by atoms with Crippen molar-refractivity contribution in [2.24, 2.45) is 0 Å². The highest BCUT2D eigenvalue weighted by molar-refractivity contribution is 6.32. The molecule has 0 atom stereocenters. The zero-order valence-corrected chi connectivity index (χ0v) is 13.0. The minimum Gasteiger partial charge on any atom is -0.333 e. The number of hydrogen-bond donors (Lipinski definition) is 0. The summed E-state index contributed by atoms with van der Waals surface area (Å²) in [7, 11) is 0. The minimum atomic E-state index is -4.54. The fourth-order valence-corrected chi connectivity index (χ4v) is 2.02.